The zero-order valence-electron chi connectivity index (χ0n) is 11.3. The minimum absolute atomic E-state index is 0.217. The van der Waals surface area contributed by atoms with Gasteiger partial charge in [0.05, 0.1) is 19.3 Å². The molecule has 100 valence electrons. The maximum Gasteiger partial charge on any atom is 0.0671 e. The van der Waals surface area contributed by atoms with Crippen LogP contribution in [-0.2, 0) is 4.74 Å². The van der Waals surface area contributed by atoms with Crippen molar-refractivity contribution in [2.24, 2.45) is 0 Å². The zero-order chi connectivity index (χ0) is 13.0. The molecule has 1 aliphatic heterocycles. The highest BCUT2D eigenvalue weighted by molar-refractivity contribution is 5.56. The minimum atomic E-state index is 0.217. The quantitative estimate of drug-likeness (QED) is 0.889. The normalized spacial score (nSPS) is 20.4. The van der Waals surface area contributed by atoms with Gasteiger partial charge in [-0.3, -0.25) is 0 Å². The zero-order valence-corrected chi connectivity index (χ0v) is 11.3. The van der Waals surface area contributed by atoms with E-state index in [1.807, 2.05) is 0 Å². The fourth-order valence-corrected chi connectivity index (χ4v) is 2.60. The molecular weight excluding hydrogens is 226 g/mol. The summed E-state index contributed by atoms with van der Waals surface area (Å²) < 4.78 is 5.53. The summed E-state index contributed by atoms with van der Waals surface area (Å²) in [6.07, 6.45) is 0.770. The van der Waals surface area contributed by atoms with E-state index in [9.17, 15) is 5.11 Å². The molecule has 1 heterocycles. The van der Waals surface area contributed by atoms with Gasteiger partial charge < -0.3 is 14.7 Å². The molecule has 1 saturated heterocycles. The van der Waals surface area contributed by atoms with Crippen LogP contribution in [0, 0.1) is 0 Å². The molecule has 3 heteroatoms. The van der Waals surface area contributed by atoms with Crippen LogP contribution in [0.3, 0.4) is 0 Å². The number of aliphatic hydroxyl groups is 1. The first-order valence-corrected chi connectivity index (χ1v) is 6.78. The number of anilines is 1. The summed E-state index contributed by atoms with van der Waals surface area (Å²) in [7, 11) is 0. The van der Waals surface area contributed by atoms with Crippen molar-refractivity contribution in [3.63, 3.8) is 0 Å². The maximum absolute atomic E-state index is 9.18. The Labute approximate surface area is 109 Å². The molecule has 0 amide bonds. The molecule has 1 aromatic carbocycles. The fourth-order valence-electron chi connectivity index (χ4n) is 2.60. The first-order chi connectivity index (χ1) is 8.74. The van der Waals surface area contributed by atoms with Crippen LogP contribution in [0.5, 0.6) is 0 Å². The van der Waals surface area contributed by atoms with Crippen molar-refractivity contribution in [3.8, 4) is 0 Å². The Bertz CT molecular complexity index is 377. The lowest BCUT2D eigenvalue weighted by atomic mass is 9.99. The largest absolute Gasteiger partial charge is 0.396 e. The number of nitrogens with zero attached hydrogens (tertiary/aromatic N) is 1. The number of benzene rings is 1. The number of para-hydroxylation sites is 1. The molecule has 1 aliphatic rings. The SMILES string of the molecule is CC(C)c1ccccc1N1CCOCC1CCO. The predicted octanol–water partition coefficient (Wildman–Crippen LogP) is 2.40. The van der Waals surface area contributed by atoms with E-state index in [1.165, 1.54) is 11.3 Å². The fraction of sp³-hybridized carbons (Fsp3) is 0.600. The van der Waals surface area contributed by atoms with E-state index in [2.05, 4.69) is 43.0 Å². The molecule has 0 aromatic heterocycles. The Balaban J connectivity index is 2.27. The molecule has 3 nitrogen and oxygen atoms in total. The van der Waals surface area contributed by atoms with Crippen molar-refractivity contribution in [1.29, 1.82) is 0 Å². The van der Waals surface area contributed by atoms with Gasteiger partial charge in [-0.05, 0) is 24.0 Å². The highest BCUT2D eigenvalue weighted by atomic mass is 16.5. The molecule has 1 fully saturated rings. The molecule has 1 atom stereocenters. The summed E-state index contributed by atoms with van der Waals surface area (Å²) in [5, 5.41) is 9.18. The van der Waals surface area contributed by atoms with Crippen molar-refractivity contribution >= 4 is 5.69 Å². The summed E-state index contributed by atoms with van der Waals surface area (Å²) in [5.74, 6) is 0.513. The van der Waals surface area contributed by atoms with Gasteiger partial charge in [0.25, 0.3) is 0 Å². The molecule has 1 N–H and O–H groups in total. The third kappa shape index (κ3) is 2.85. The van der Waals surface area contributed by atoms with Crippen molar-refractivity contribution in [3.05, 3.63) is 29.8 Å². The second kappa shape index (κ2) is 6.21. The van der Waals surface area contributed by atoms with Crippen LogP contribution >= 0.6 is 0 Å². The van der Waals surface area contributed by atoms with Gasteiger partial charge in [-0.25, -0.2) is 0 Å². The van der Waals surface area contributed by atoms with Crippen LogP contribution < -0.4 is 4.90 Å². The summed E-state index contributed by atoms with van der Waals surface area (Å²) in [6.45, 7) is 7.06. The standard InChI is InChI=1S/C15H23NO2/c1-12(2)14-5-3-4-6-15(14)16-8-10-18-11-13(16)7-9-17/h3-6,12-13,17H,7-11H2,1-2H3. The topological polar surface area (TPSA) is 32.7 Å². The van der Waals surface area contributed by atoms with Gasteiger partial charge in [0.2, 0.25) is 0 Å². The number of rotatable bonds is 4. The first-order valence-electron chi connectivity index (χ1n) is 6.78. The second-order valence-electron chi connectivity index (χ2n) is 5.15. The molecule has 2 rings (SSSR count). The van der Waals surface area contributed by atoms with Crippen LogP contribution in [0.1, 0.15) is 31.7 Å². The first kappa shape index (κ1) is 13.4. The molecule has 0 saturated carbocycles. The van der Waals surface area contributed by atoms with Gasteiger partial charge in [-0.2, -0.15) is 0 Å². The van der Waals surface area contributed by atoms with Gasteiger partial charge in [0.1, 0.15) is 0 Å². The van der Waals surface area contributed by atoms with E-state index in [4.69, 9.17) is 4.74 Å². The van der Waals surface area contributed by atoms with E-state index in [0.29, 0.717) is 18.6 Å². The lowest BCUT2D eigenvalue weighted by Gasteiger charge is -2.38. The Morgan fingerprint density at radius 3 is 2.89 bits per heavy atom. The third-order valence-corrected chi connectivity index (χ3v) is 3.56. The van der Waals surface area contributed by atoms with Gasteiger partial charge in [-0.1, -0.05) is 32.0 Å². The Hall–Kier alpha value is -1.06. The van der Waals surface area contributed by atoms with Crippen LogP contribution in [-0.4, -0.2) is 37.5 Å². The summed E-state index contributed by atoms with van der Waals surface area (Å²) in [4.78, 5) is 2.40. The molecule has 0 radical (unpaired) electrons. The number of hydrogen-bond acceptors (Lipinski definition) is 3. The lowest BCUT2D eigenvalue weighted by Crippen LogP contribution is -2.46. The molecule has 0 spiro atoms. The monoisotopic (exact) mass is 249 g/mol. The molecule has 18 heavy (non-hydrogen) atoms. The van der Waals surface area contributed by atoms with Crippen LogP contribution in [0.25, 0.3) is 0 Å². The van der Waals surface area contributed by atoms with Crippen molar-refractivity contribution in [2.45, 2.75) is 32.2 Å². The molecular formula is C15H23NO2. The summed E-state index contributed by atoms with van der Waals surface area (Å²) >= 11 is 0. The van der Waals surface area contributed by atoms with Gasteiger partial charge >= 0.3 is 0 Å². The number of hydrogen-bond donors (Lipinski definition) is 1. The van der Waals surface area contributed by atoms with Crippen LogP contribution in [0.4, 0.5) is 5.69 Å². The van der Waals surface area contributed by atoms with Crippen molar-refractivity contribution in [1.82, 2.24) is 0 Å². The highest BCUT2D eigenvalue weighted by Crippen LogP contribution is 2.30. The average molecular weight is 249 g/mol. The van der Waals surface area contributed by atoms with E-state index in [1.54, 1.807) is 0 Å². The van der Waals surface area contributed by atoms with E-state index < -0.39 is 0 Å². The van der Waals surface area contributed by atoms with Gasteiger partial charge in [0, 0.05) is 18.8 Å². The number of ether oxygens (including phenoxy) is 1. The summed E-state index contributed by atoms with van der Waals surface area (Å²) in [6, 6.07) is 8.87. The maximum atomic E-state index is 9.18. The van der Waals surface area contributed by atoms with Crippen LogP contribution in [0.15, 0.2) is 24.3 Å². The summed E-state index contributed by atoms with van der Waals surface area (Å²) in [5.41, 5.74) is 2.68. The number of morpholine rings is 1. The van der Waals surface area contributed by atoms with Crippen molar-refractivity contribution < 1.29 is 9.84 Å². The highest BCUT2D eigenvalue weighted by Gasteiger charge is 2.24. The predicted molar refractivity (Wildman–Crippen MR) is 74.2 cm³/mol. The van der Waals surface area contributed by atoms with Crippen molar-refractivity contribution in [2.75, 3.05) is 31.3 Å². The van der Waals surface area contributed by atoms with E-state index in [0.717, 1.165) is 19.6 Å². The van der Waals surface area contributed by atoms with E-state index >= 15 is 0 Å². The third-order valence-electron chi connectivity index (χ3n) is 3.56. The second-order valence-corrected chi connectivity index (χ2v) is 5.15. The Kier molecular flexibility index (Phi) is 4.61. The average Bonchev–Trinajstić information content (AvgIpc) is 2.40. The Morgan fingerprint density at radius 1 is 1.39 bits per heavy atom. The molecule has 0 bridgehead atoms. The molecule has 0 aliphatic carbocycles. The number of aliphatic hydroxyl groups excluding tert-OH is 1. The Morgan fingerprint density at radius 2 is 2.17 bits per heavy atom. The van der Waals surface area contributed by atoms with Gasteiger partial charge in [-0.15, -0.1) is 0 Å². The molecule has 1 unspecified atom stereocenters. The minimum Gasteiger partial charge on any atom is -0.396 e. The molecule has 1 aromatic rings. The van der Waals surface area contributed by atoms with Crippen LogP contribution in [0.2, 0.25) is 0 Å². The smallest absolute Gasteiger partial charge is 0.0671 e. The van der Waals surface area contributed by atoms with E-state index in [-0.39, 0.29) is 6.61 Å². The van der Waals surface area contributed by atoms with Gasteiger partial charge in [0.15, 0.2) is 0 Å². The lowest BCUT2D eigenvalue weighted by molar-refractivity contribution is 0.0849.